The standard InChI is InChI=1S/C16H17NO3/c18-15-9-6-12-10-13(7-8-14(12)17-15)20-16(19)11-4-2-1-3-5-11/h1-5,8,12-13H,6-7,9-10H2,(H,17,18). The highest BCUT2D eigenvalue weighted by Gasteiger charge is 2.30. The molecule has 0 spiro atoms. The van der Waals surface area contributed by atoms with Crippen LogP contribution in [0, 0.1) is 5.92 Å². The fourth-order valence-electron chi connectivity index (χ4n) is 2.81. The van der Waals surface area contributed by atoms with Crippen LogP contribution in [-0.2, 0) is 9.53 Å². The zero-order valence-electron chi connectivity index (χ0n) is 11.2. The summed E-state index contributed by atoms with van der Waals surface area (Å²) in [6.07, 6.45) is 4.77. The van der Waals surface area contributed by atoms with E-state index in [1.165, 1.54) is 0 Å². The molecule has 1 N–H and O–H groups in total. The molecule has 1 aliphatic carbocycles. The molecule has 2 aliphatic rings. The molecule has 1 fully saturated rings. The van der Waals surface area contributed by atoms with Gasteiger partial charge in [0.05, 0.1) is 5.56 Å². The minimum atomic E-state index is -0.271. The number of piperidine rings is 1. The molecule has 2 unspecified atom stereocenters. The van der Waals surface area contributed by atoms with Gasteiger partial charge in [-0.1, -0.05) is 24.3 Å². The number of ether oxygens (including phenoxy) is 1. The van der Waals surface area contributed by atoms with E-state index < -0.39 is 0 Å². The Morgan fingerprint density at radius 1 is 1.25 bits per heavy atom. The quantitative estimate of drug-likeness (QED) is 0.840. The van der Waals surface area contributed by atoms with Gasteiger partial charge < -0.3 is 10.1 Å². The molecule has 20 heavy (non-hydrogen) atoms. The Kier molecular flexibility index (Phi) is 3.54. The Hall–Kier alpha value is -2.10. The van der Waals surface area contributed by atoms with Crippen LogP contribution in [-0.4, -0.2) is 18.0 Å². The lowest BCUT2D eigenvalue weighted by molar-refractivity contribution is -0.122. The van der Waals surface area contributed by atoms with E-state index in [1.807, 2.05) is 24.3 Å². The first-order valence-electron chi connectivity index (χ1n) is 6.98. The zero-order chi connectivity index (χ0) is 13.9. The Bertz CT molecular complexity index is 550. The van der Waals surface area contributed by atoms with E-state index >= 15 is 0 Å². The molecule has 3 rings (SSSR count). The SMILES string of the molecule is O=C1CCC2CC(OC(=O)c3ccccc3)CC=C2N1. The highest BCUT2D eigenvalue weighted by atomic mass is 16.5. The molecular weight excluding hydrogens is 254 g/mol. The number of carbonyl (C=O) groups excluding carboxylic acids is 2. The molecule has 0 bridgehead atoms. The van der Waals surface area contributed by atoms with Crippen molar-refractivity contribution in [2.45, 2.75) is 31.8 Å². The average Bonchev–Trinajstić information content (AvgIpc) is 2.48. The number of nitrogens with one attached hydrogen (secondary N) is 1. The molecule has 1 saturated heterocycles. The van der Waals surface area contributed by atoms with Gasteiger partial charge in [-0.05, 0) is 25.0 Å². The second-order valence-corrected chi connectivity index (χ2v) is 5.31. The molecule has 0 radical (unpaired) electrons. The molecular formula is C16H17NO3. The van der Waals surface area contributed by atoms with Crippen molar-refractivity contribution >= 4 is 11.9 Å². The highest BCUT2D eigenvalue weighted by Crippen LogP contribution is 2.31. The fraction of sp³-hybridized carbons (Fsp3) is 0.375. The molecule has 1 amide bonds. The highest BCUT2D eigenvalue weighted by molar-refractivity contribution is 5.89. The van der Waals surface area contributed by atoms with E-state index in [4.69, 9.17) is 4.74 Å². The molecule has 4 nitrogen and oxygen atoms in total. The van der Waals surface area contributed by atoms with Gasteiger partial charge in [0, 0.05) is 24.5 Å². The number of esters is 1. The Balaban J connectivity index is 1.63. The first kappa shape index (κ1) is 12.9. The molecule has 0 aromatic heterocycles. The monoisotopic (exact) mass is 271 g/mol. The Morgan fingerprint density at radius 2 is 2.05 bits per heavy atom. The summed E-state index contributed by atoms with van der Waals surface area (Å²) in [4.78, 5) is 23.3. The molecule has 104 valence electrons. The van der Waals surface area contributed by atoms with Crippen LogP contribution in [0.3, 0.4) is 0 Å². The van der Waals surface area contributed by atoms with Gasteiger partial charge in [-0.15, -0.1) is 0 Å². The number of amides is 1. The van der Waals surface area contributed by atoms with Crippen molar-refractivity contribution in [2.24, 2.45) is 5.92 Å². The van der Waals surface area contributed by atoms with Gasteiger partial charge in [-0.3, -0.25) is 4.79 Å². The summed E-state index contributed by atoms with van der Waals surface area (Å²) in [5.41, 5.74) is 1.59. The Labute approximate surface area is 117 Å². The van der Waals surface area contributed by atoms with Crippen LogP contribution in [0.25, 0.3) is 0 Å². The van der Waals surface area contributed by atoms with E-state index in [2.05, 4.69) is 5.32 Å². The van der Waals surface area contributed by atoms with Gasteiger partial charge in [-0.25, -0.2) is 4.79 Å². The second-order valence-electron chi connectivity index (χ2n) is 5.31. The predicted molar refractivity (Wildman–Crippen MR) is 73.8 cm³/mol. The summed E-state index contributed by atoms with van der Waals surface area (Å²) in [6.45, 7) is 0. The summed E-state index contributed by atoms with van der Waals surface area (Å²) >= 11 is 0. The molecule has 1 aromatic carbocycles. The smallest absolute Gasteiger partial charge is 0.338 e. The van der Waals surface area contributed by atoms with E-state index in [0.717, 1.165) is 18.5 Å². The average molecular weight is 271 g/mol. The zero-order valence-corrected chi connectivity index (χ0v) is 11.2. The summed E-state index contributed by atoms with van der Waals surface area (Å²) in [5, 5.41) is 2.91. The normalized spacial score (nSPS) is 25.2. The van der Waals surface area contributed by atoms with Crippen molar-refractivity contribution in [3.05, 3.63) is 47.7 Å². The maximum absolute atomic E-state index is 12.0. The third-order valence-electron chi connectivity index (χ3n) is 3.87. The number of allylic oxidation sites excluding steroid dienone is 1. The van der Waals surface area contributed by atoms with Gasteiger partial charge >= 0.3 is 5.97 Å². The molecule has 1 heterocycles. The van der Waals surface area contributed by atoms with Gasteiger partial charge in [0.1, 0.15) is 6.10 Å². The minimum absolute atomic E-state index is 0.0900. The summed E-state index contributed by atoms with van der Waals surface area (Å²) in [7, 11) is 0. The second kappa shape index (κ2) is 5.49. The predicted octanol–water partition coefficient (Wildman–Crippen LogP) is 2.42. The number of carbonyl (C=O) groups is 2. The van der Waals surface area contributed by atoms with Gasteiger partial charge in [0.15, 0.2) is 0 Å². The lowest BCUT2D eigenvalue weighted by Crippen LogP contribution is -2.37. The maximum atomic E-state index is 12.0. The van der Waals surface area contributed by atoms with Gasteiger partial charge in [0.2, 0.25) is 5.91 Å². The third-order valence-corrected chi connectivity index (χ3v) is 3.87. The maximum Gasteiger partial charge on any atom is 0.338 e. The fourth-order valence-corrected chi connectivity index (χ4v) is 2.81. The van der Waals surface area contributed by atoms with E-state index in [9.17, 15) is 9.59 Å². The Morgan fingerprint density at radius 3 is 2.85 bits per heavy atom. The van der Waals surface area contributed by atoms with Crippen LogP contribution >= 0.6 is 0 Å². The van der Waals surface area contributed by atoms with Crippen LogP contribution in [0.2, 0.25) is 0 Å². The minimum Gasteiger partial charge on any atom is -0.458 e. The topological polar surface area (TPSA) is 55.4 Å². The number of fused-ring (bicyclic) bond motifs is 1. The van der Waals surface area contributed by atoms with Crippen LogP contribution in [0.5, 0.6) is 0 Å². The molecule has 2 atom stereocenters. The van der Waals surface area contributed by atoms with Crippen molar-refractivity contribution in [3.63, 3.8) is 0 Å². The van der Waals surface area contributed by atoms with Gasteiger partial charge in [0.25, 0.3) is 0 Å². The number of rotatable bonds is 2. The van der Waals surface area contributed by atoms with Crippen molar-refractivity contribution in [3.8, 4) is 0 Å². The summed E-state index contributed by atoms with van der Waals surface area (Å²) < 4.78 is 5.56. The molecule has 4 heteroatoms. The lowest BCUT2D eigenvalue weighted by Gasteiger charge is -2.32. The van der Waals surface area contributed by atoms with E-state index in [1.54, 1.807) is 12.1 Å². The number of hydrogen-bond donors (Lipinski definition) is 1. The first-order valence-corrected chi connectivity index (χ1v) is 6.98. The van der Waals surface area contributed by atoms with Crippen molar-refractivity contribution < 1.29 is 14.3 Å². The van der Waals surface area contributed by atoms with Crippen LogP contribution in [0.1, 0.15) is 36.0 Å². The summed E-state index contributed by atoms with van der Waals surface area (Å²) in [6, 6.07) is 9.04. The van der Waals surface area contributed by atoms with Crippen molar-refractivity contribution in [2.75, 3.05) is 0 Å². The van der Waals surface area contributed by atoms with Gasteiger partial charge in [-0.2, -0.15) is 0 Å². The van der Waals surface area contributed by atoms with E-state index in [0.29, 0.717) is 24.3 Å². The van der Waals surface area contributed by atoms with Crippen LogP contribution in [0.15, 0.2) is 42.1 Å². The summed E-state index contributed by atoms with van der Waals surface area (Å²) in [5.74, 6) is 0.134. The third kappa shape index (κ3) is 2.74. The lowest BCUT2D eigenvalue weighted by atomic mass is 9.84. The first-order chi connectivity index (χ1) is 9.72. The number of hydrogen-bond acceptors (Lipinski definition) is 3. The van der Waals surface area contributed by atoms with Crippen molar-refractivity contribution in [1.82, 2.24) is 5.32 Å². The van der Waals surface area contributed by atoms with E-state index in [-0.39, 0.29) is 18.0 Å². The number of benzene rings is 1. The largest absolute Gasteiger partial charge is 0.458 e. The van der Waals surface area contributed by atoms with Crippen molar-refractivity contribution in [1.29, 1.82) is 0 Å². The molecule has 0 saturated carbocycles. The molecule has 1 aromatic rings. The van der Waals surface area contributed by atoms with Crippen LogP contribution < -0.4 is 5.32 Å². The molecule has 1 aliphatic heterocycles. The van der Waals surface area contributed by atoms with Crippen LogP contribution in [0.4, 0.5) is 0 Å².